The molecule has 1 saturated carbocycles. The number of amides is 1. The van der Waals surface area contributed by atoms with Gasteiger partial charge in [0.2, 0.25) is 11.9 Å². The van der Waals surface area contributed by atoms with Crippen LogP contribution in [0.25, 0.3) is 0 Å². The molecule has 2 aromatic rings. The molecule has 0 spiro atoms. The van der Waals surface area contributed by atoms with Gasteiger partial charge in [0.15, 0.2) is 0 Å². The molecule has 1 amide bonds. The zero-order chi connectivity index (χ0) is 16.4. The van der Waals surface area contributed by atoms with Crippen LogP contribution in [0.4, 0.5) is 10.3 Å². The van der Waals surface area contributed by atoms with Crippen LogP contribution in [0.1, 0.15) is 23.6 Å². The molecule has 6 heteroatoms. The number of anilines is 1. The third-order valence-corrected chi connectivity index (χ3v) is 3.97. The highest BCUT2D eigenvalue weighted by Gasteiger charge is 2.43. The van der Waals surface area contributed by atoms with Gasteiger partial charge in [-0.1, -0.05) is 12.1 Å². The number of rotatable bonds is 5. The monoisotopic (exact) mass is 314 g/mol. The van der Waals surface area contributed by atoms with E-state index >= 15 is 0 Å². The van der Waals surface area contributed by atoms with Crippen molar-refractivity contribution >= 4 is 11.9 Å². The first-order chi connectivity index (χ1) is 11.0. The Labute approximate surface area is 134 Å². The topological polar surface area (TPSA) is 58.1 Å². The van der Waals surface area contributed by atoms with E-state index < -0.39 is 0 Å². The zero-order valence-corrected chi connectivity index (χ0v) is 13.2. The van der Waals surface area contributed by atoms with Crippen LogP contribution in [0.3, 0.4) is 0 Å². The maximum absolute atomic E-state index is 12.9. The van der Waals surface area contributed by atoms with Crippen molar-refractivity contribution in [2.75, 3.05) is 19.0 Å². The summed E-state index contributed by atoms with van der Waals surface area (Å²) in [5.41, 5.74) is 1.79. The molecule has 23 heavy (non-hydrogen) atoms. The molecule has 1 heterocycles. The third kappa shape index (κ3) is 3.64. The van der Waals surface area contributed by atoms with Crippen LogP contribution in [-0.4, -0.2) is 30.0 Å². The van der Waals surface area contributed by atoms with E-state index in [0.29, 0.717) is 12.5 Å². The fourth-order valence-corrected chi connectivity index (χ4v) is 2.57. The van der Waals surface area contributed by atoms with Crippen molar-refractivity contribution in [3.63, 3.8) is 0 Å². The lowest BCUT2D eigenvalue weighted by molar-refractivity contribution is -0.122. The smallest absolute Gasteiger partial charge is 0.225 e. The average molecular weight is 314 g/mol. The molecule has 1 aromatic heterocycles. The Morgan fingerprint density at radius 1 is 1.30 bits per heavy atom. The summed E-state index contributed by atoms with van der Waals surface area (Å²) in [4.78, 5) is 22.5. The number of benzene rings is 1. The van der Waals surface area contributed by atoms with E-state index in [1.165, 1.54) is 12.1 Å². The van der Waals surface area contributed by atoms with Gasteiger partial charge in [0.05, 0.1) is 12.2 Å². The molecule has 3 rings (SSSR count). The van der Waals surface area contributed by atoms with Crippen molar-refractivity contribution in [2.45, 2.75) is 18.9 Å². The molecule has 120 valence electrons. The minimum atomic E-state index is -0.254. The van der Waals surface area contributed by atoms with Crippen molar-refractivity contribution in [3.8, 4) is 0 Å². The van der Waals surface area contributed by atoms with Gasteiger partial charge in [-0.15, -0.1) is 0 Å². The molecule has 0 radical (unpaired) electrons. The second kappa shape index (κ2) is 6.32. The van der Waals surface area contributed by atoms with Crippen LogP contribution in [-0.2, 0) is 11.3 Å². The molecule has 1 N–H and O–H groups in total. The quantitative estimate of drug-likeness (QED) is 0.918. The van der Waals surface area contributed by atoms with Crippen LogP contribution >= 0.6 is 0 Å². The molecular formula is C17H19FN4O. The minimum absolute atomic E-state index is 0.0179. The molecule has 0 unspecified atom stereocenters. The maximum atomic E-state index is 12.9. The summed E-state index contributed by atoms with van der Waals surface area (Å²) >= 11 is 0. The lowest BCUT2D eigenvalue weighted by atomic mass is 10.1. The van der Waals surface area contributed by atoms with Crippen molar-refractivity contribution < 1.29 is 9.18 Å². The van der Waals surface area contributed by atoms with Gasteiger partial charge in [-0.25, -0.2) is 14.4 Å². The van der Waals surface area contributed by atoms with Crippen molar-refractivity contribution in [1.82, 2.24) is 15.3 Å². The highest BCUT2D eigenvalue weighted by Crippen LogP contribution is 2.47. The number of nitrogens with one attached hydrogen (secondary N) is 1. The molecule has 2 atom stereocenters. The minimum Gasteiger partial charge on any atom is -0.350 e. The highest BCUT2D eigenvalue weighted by molar-refractivity contribution is 5.82. The molecule has 1 aliphatic rings. The molecule has 0 saturated heterocycles. The summed E-state index contributed by atoms with van der Waals surface area (Å²) in [6.07, 6.45) is 2.49. The number of carbonyl (C=O) groups excluding carboxylic acids is 1. The van der Waals surface area contributed by atoms with Gasteiger partial charge >= 0.3 is 0 Å². The van der Waals surface area contributed by atoms with Crippen molar-refractivity contribution in [3.05, 3.63) is 53.6 Å². The fraction of sp³-hybridized carbons (Fsp3) is 0.353. The Balaban J connectivity index is 1.55. The molecule has 1 aromatic carbocycles. The Hall–Kier alpha value is -2.50. The molecule has 5 nitrogen and oxygen atoms in total. The zero-order valence-electron chi connectivity index (χ0n) is 13.2. The number of halogens is 1. The molecule has 0 bridgehead atoms. The first-order valence-electron chi connectivity index (χ1n) is 7.57. The largest absolute Gasteiger partial charge is 0.350 e. The number of hydrogen-bond acceptors (Lipinski definition) is 4. The SMILES string of the molecule is CN(C)c1nccc(CNC(=O)[C@@H]2C[C@H]2c2ccc(F)cc2)n1. The van der Waals surface area contributed by atoms with Crippen molar-refractivity contribution in [2.24, 2.45) is 5.92 Å². The van der Waals surface area contributed by atoms with E-state index in [1.54, 1.807) is 24.4 Å². The Morgan fingerprint density at radius 2 is 2.04 bits per heavy atom. The Bertz CT molecular complexity index is 702. The van der Waals surface area contributed by atoms with E-state index in [9.17, 15) is 9.18 Å². The summed E-state index contributed by atoms with van der Waals surface area (Å²) in [5, 5.41) is 2.92. The van der Waals surface area contributed by atoms with Gasteiger partial charge in [0, 0.05) is 26.2 Å². The number of hydrogen-bond donors (Lipinski definition) is 1. The molecule has 1 aliphatic carbocycles. The predicted molar refractivity (Wildman–Crippen MR) is 85.5 cm³/mol. The van der Waals surface area contributed by atoms with E-state index in [-0.39, 0.29) is 23.6 Å². The van der Waals surface area contributed by atoms with Crippen LogP contribution in [0.5, 0.6) is 0 Å². The predicted octanol–water partition coefficient (Wildman–Crippen LogP) is 2.10. The second-order valence-electron chi connectivity index (χ2n) is 5.96. The van der Waals surface area contributed by atoms with Gasteiger partial charge in [0.25, 0.3) is 0 Å². The van der Waals surface area contributed by atoms with Crippen molar-refractivity contribution in [1.29, 1.82) is 0 Å². The van der Waals surface area contributed by atoms with E-state index in [2.05, 4.69) is 15.3 Å². The van der Waals surface area contributed by atoms with Crippen LogP contribution < -0.4 is 10.2 Å². The van der Waals surface area contributed by atoms with Crippen LogP contribution in [0, 0.1) is 11.7 Å². The second-order valence-corrected chi connectivity index (χ2v) is 5.96. The fourth-order valence-electron chi connectivity index (χ4n) is 2.57. The van der Waals surface area contributed by atoms with E-state index in [4.69, 9.17) is 0 Å². The third-order valence-electron chi connectivity index (χ3n) is 3.97. The number of nitrogens with zero attached hydrogens (tertiary/aromatic N) is 3. The van der Waals surface area contributed by atoms with Gasteiger partial charge in [-0.2, -0.15) is 0 Å². The van der Waals surface area contributed by atoms with Gasteiger partial charge in [-0.3, -0.25) is 4.79 Å². The summed E-state index contributed by atoms with van der Waals surface area (Å²) in [5.74, 6) is 0.543. The average Bonchev–Trinajstić information content (AvgIpc) is 3.34. The first-order valence-corrected chi connectivity index (χ1v) is 7.57. The van der Waals surface area contributed by atoms with E-state index in [0.717, 1.165) is 17.7 Å². The normalized spacial score (nSPS) is 19.3. The van der Waals surface area contributed by atoms with Gasteiger partial charge in [0.1, 0.15) is 5.82 Å². The summed E-state index contributed by atoms with van der Waals surface area (Å²) in [7, 11) is 3.74. The lowest BCUT2D eigenvalue weighted by Crippen LogP contribution is -2.25. The number of aromatic nitrogens is 2. The number of carbonyl (C=O) groups is 1. The summed E-state index contributed by atoms with van der Waals surface area (Å²) in [6, 6.07) is 8.17. The summed E-state index contributed by atoms with van der Waals surface area (Å²) in [6.45, 7) is 0.384. The molecule has 0 aliphatic heterocycles. The first kappa shape index (κ1) is 15.4. The maximum Gasteiger partial charge on any atom is 0.225 e. The molecular weight excluding hydrogens is 295 g/mol. The van der Waals surface area contributed by atoms with Crippen LogP contribution in [0.15, 0.2) is 36.5 Å². The standard InChI is InChI=1S/C17H19FN4O/c1-22(2)17-19-8-7-13(21-17)10-20-16(23)15-9-14(15)11-3-5-12(18)6-4-11/h3-8,14-15H,9-10H2,1-2H3,(H,20,23)/t14-,15+/m0/s1. The van der Waals surface area contributed by atoms with Gasteiger partial charge < -0.3 is 10.2 Å². The lowest BCUT2D eigenvalue weighted by Gasteiger charge is -2.11. The Kier molecular flexibility index (Phi) is 4.23. The molecule has 1 fully saturated rings. The Morgan fingerprint density at radius 3 is 2.74 bits per heavy atom. The summed E-state index contributed by atoms with van der Waals surface area (Å²) < 4.78 is 12.9. The van der Waals surface area contributed by atoms with Gasteiger partial charge in [-0.05, 0) is 36.1 Å². The van der Waals surface area contributed by atoms with Crippen LogP contribution in [0.2, 0.25) is 0 Å². The highest BCUT2D eigenvalue weighted by atomic mass is 19.1. The van der Waals surface area contributed by atoms with E-state index in [1.807, 2.05) is 19.0 Å².